The first-order chi connectivity index (χ1) is 13.5. The van der Waals surface area contributed by atoms with E-state index < -0.39 is 5.25 Å². The number of benzene rings is 2. The molecule has 6 heteroatoms. The number of rotatable bonds is 6. The first kappa shape index (κ1) is 20.1. The van der Waals surface area contributed by atoms with Crippen LogP contribution < -0.4 is 10.6 Å². The molecule has 1 fully saturated rings. The number of hydrogen-bond donors (Lipinski definition) is 2. The topological polar surface area (TPSA) is 70.6 Å². The summed E-state index contributed by atoms with van der Waals surface area (Å²) in [5, 5.41) is 5.77. The molecule has 2 N–H and O–H groups in total. The number of anilines is 1. The van der Waals surface area contributed by atoms with Crippen LogP contribution in [0.25, 0.3) is 0 Å². The SMILES string of the molecule is CCc1cccc(CC)c1N=C1NC(=O)[C@H](CC(=O)Nc2ccc(C)cc2)S1. The van der Waals surface area contributed by atoms with Gasteiger partial charge in [0.2, 0.25) is 11.8 Å². The smallest absolute Gasteiger partial charge is 0.240 e. The number of hydrogen-bond acceptors (Lipinski definition) is 4. The van der Waals surface area contributed by atoms with Crippen molar-refractivity contribution in [3.8, 4) is 0 Å². The van der Waals surface area contributed by atoms with Crippen LogP contribution in [0.1, 0.15) is 37.0 Å². The fraction of sp³-hybridized carbons (Fsp3) is 0.318. The molecule has 2 amide bonds. The van der Waals surface area contributed by atoms with Crippen LogP contribution in [0.15, 0.2) is 47.5 Å². The van der Waals surface area contributed by atoms with E-state index in [2.05, 4.69) is 36.6 Å². The summed E-state index contributed by atoms with van der Waals surface area (Å²) in [7, 11) is 0. The third kappa shape index (κ3) is 4.81. The Morgan fingerprint density at radius 3 is 2.36 bits per heavy atom. The molecule has 0 aliphatic carbocycles. The van der Waals surface area contributed by atoms with Crippen molar-refractivity contribution in [1.29, 1.82) is 0 Å². The molecule has 5 nitrogen and oxygen atoms in total. The van der Waals surface area contributed by atoms with Crippen molar-refractivity contribution in [1.82, 2.24) is 5.32 Å². The molecule has 0 saturated carbocycles. The number of aryl methyl sites for hydroxylation is 3. The average molecular weight is 396 g/mol. The van der Waals surface area contributed by atoms with Crippen molar-refractivity contribution in [2.75, 3.05) is 5.32 Å². The van der Waals surface area contributed by atoms with Crippen molar-refractivity contribution in [2.24, 2.45) is 4.99 Å². The lowest BCUT2D eigenvalue weighted by Gasteiger charge is -2.09. The molecule has 0 bridgehead atoms. The van der Waals surface area contributed by atoms with E-state index >= 15 is 0 Å². The number of thioether (sulfide) groups is 1. The third-order valence-electron chi connectivity index (χ3n) is 4.66. The monoisotopic (exact) mass is 395 g/mol. The maximum atomic E-state index is 12.3. The summed E-state index contributed by atoms with van der Waals surface area (Å²) in [6, 6.07) is 13.8. The normalized spacial score (nSPS) is 17.6. The molecule has 1 saturated heterocycles. The molecule has 146 valence electrons. The Labute approximate surface area is 170 Å². The summed E-state index contributed by atoms with van der Waals surface area (Å²) in [4.78, 5) is 29.4. The quantitative estimate of drug-likeness (QED) is 0.763. The number of amidine groups is 1. The van der Waals surface area contributed by atoms with Gasteiger partial charge >= 0.3 is 0 Å². The summed E-state index contributed by atoms with van der Waals surface area (Å²) in [6.45, 7) is 6.18. The molecular formula is C22H25N3O2S. The average Bonchev–Trinajstić information content (AvgIpc) is 3.02. The van der Waals surface area contributed by atoms with Gasteiger partial charge in [0, 0.05) is 12.1 Å². The van der Waals surface area contributed by atoms with Gasteiger partial charge in [0.15, 0.2) is 5.17 Å². The molecular weight excluding hydrogens is 370 g/mol. The highest BCUT2D eigenvalue weighted by Crippen LogP contribution is 2.30. The highest BCUT2D eigenvalue weighted by molar-refractivity contribution is 8.15. The van der Waals surface area contributed by atoms with Gasteiger partial charge in [0.1, 0.15) is 5.25 Å². The number of carbonyl (C=O) groups excluding carboxylic acids is 2. The summed E-state index contributed by atoms with van der Waals surface area (Å²) >= 11 is 1.32. The summed E-state index contributed by atoms with van der Waals surface area (Å²) in [6.07, 6.45) is 1.86. The molecule has 3 rings (SSSR count). The fourth-order valence-electron chi connectivity index (χ4n) is 3.07. The van der Waals surface area contributed by atoms with Crippen LogP contribution in [-0.4, -0.2) is 22.2 Å². The number of aliphatic imine (C=N–C) groups is 1. The first-order valence-corrected chi connectivity index (χ1v) is 10.4. The number of carbonyl (C=O) groups is 2. The molecule has 1 aliphatic heterocycles. The van der Waals surface area contributed by atoms with Gasteiger partial charge in [-0.05, 0) is 43.0 Å². The zero-order valence-corrected chi connectivity index (χ0v) is 17.2. The van der Waals surface area contributed by atoms with Crippen LogP contribution >= 0.6 is 11.8 Å². The Kier molecular flexibility index (Phi) is 6.52. The van der Waals surface area contributed by atoms with Crippen molar-refractivity contribution in [3.05, 3.63) is 59.2 Å². The van der Waals surface area contributed by atoms with Gasteiger partial charge in [-0.3, -0.25) is 9.59 Å². The van der Waals surface area contributed by atoms with Gasteiger partial charge < -0.3 is 10.6 Å². The third-order valence-corrected chi connectivity index (χ3v) is 5.74. The molecule has 1 aliphatic rings. The first-order valence-electron chi connectivity index (χ1n) is 9.53. The molecule has 0 radical (unpaired) electrons. The maximum absolute atomic E-state index is 12.3. The molecule has 2 aromatic rings. The van der Waals surface area contributed by atoms with Crippen molar-refractivity contribution in [3.63, 3.8) is 0 Å². The zero-order chi connectivity index (χ0) is 20.1. The van der Waals surface area contributed by atoms with Crippen LogP contribution in [0.5, 0.6) is 0 Å². The maximum Gasteiger partial charge on any atom is 0.240 e. The second-order valence-corrected chi connectivity index (χ2v) is 7.95. The molecule has 28 heavy (non-hydrogen) atoms. The van der Waals surface area contributed by atoms with Crippen LogP contribution in [0.4, 0.5) is 11.4 Å². The predicted octanol–water partition coefficient (Wildman–Crippen LogP) is 4.37. The van der Waals surface area contributed by atoms with Gasteiger partial charge in [-0.25, -0.2) is 4.99 Å². The second kappa shape index (κ2) is 9.06. The Balaban J connectivity index is 1.69. The van der Waals surface area contributed by atoms with Crippen LogP contribution in [0, 0.1) is 6.92 Å². The van der Waals surface area contributed by atoms with Gasteiger partial charge in [-0.1, -0.05) is 61.5 Å². The van der Waals surface area contributed by atoms with E-state index in [4.69, 9.17) is 4.99 Å². The minimum Gasteiger partial charge on any atom is -0.326 e. The van der Waals surface area contributed by atoms with Gasteiger partial charge in [-0.15, -0.1) is 0 Å². The second-order valence-electron chi connectivity index (χ2n) is 6.76. The standard InChI is InChI=1S/C22H25N3O2S/c1-4-15-7-6-8-16(5-2)20(15)24-22-25-21(27)18(28-22)13-19(26)23-17-11-9-14(3)10-12-17/h6-12,18H,4-5,13H2,1-3H3,(H,23,26)(H,24,25,27)/t18-/m0/s1. The Bertz CT molecular complexity index is 884. The molecule has 0 aromatic heterocycles. The Morgan fingerprint density at radius 1 is 1.11 bits per heavy atom. The Morgan fingerprint density at radius 2 is 1.75 bits per heavy atom. The summed E-state index contributed by atoms with van der Waals surface area (Å²) < 4.78 is 0. The van der Waals surface area contributed by atoms with Gasteiger partial charge in [-0.2, -0.15) is 0 Å². The molecule has 0 unspecified atom stereocenters. The van der Waals surface area contributed by atoms with Crippen molar-refractivity contribution in [2.45, 2.75) is 45.3 Å². The zero-order valence-electron chi connectivity index (χ0n) is 16.4. The number of para-hydroxylation sites is 1. The lowest BCUT2D eigenvalue weighted by molar-refractivity contribution is -0.122. The van der Waals surface area contributed by atoms with Crippen molar-refractivity contribution >= 4 is 40.1 Å². The highest BCUT2D eigenvalue weighted by atomic mass is 32.2. The van der Waals surface area contributed by atoms with E-state index in [0.29, 0.717) is 5.17 Å². The number of amides is 2. The molecule has 2 aromatic carbocycles. The number of nitrogens with one attached hydrogen (secondary N) is 2. The largest absolute Gasteiger partial charge is 0.326 e. The van der Waals surface area contributed by atoms with Crippen LogP contribution in [-0.2, 0) is 22.4 Å². The van der Waals surface area contributed by atoms with E-state index in [1.165, 1.54) is 11.8 Å². The molecule has 0 spiro atoms. The fourth-order valence-corrected chi connectivity index (χ4v) is 4.04. The lowest BCUT2D eigenvalue weighted by atomic mass is 10.0. The van der Waals surface area contributed by atoms with E-state index in [9.17, 15) is 9.59 Å². The predicted molar refractivity (Wildman–Crippen MR) is 116 cm³/mol. The van der Waals surface area contributed by atoms with Crippen LogP contribution in [0.3, 0.4) is 0 Å². The minimum atomic E-state index is -0.469. The van der Waals surface area contributed by atoms with Gasteiger partial charge in [0.05, 0.1) is 5.69 Å². The number of nitrogens with zero attached hydrogens (tertiary/aromatic N) is 1. The Hall–Kier alpha value is -2.60. The van der Waals surface area contributed by atoms with Crippen LogP contribution in [0.2, 0.25) is 0 Å². The van der Waals surface area contributed by atoms with Crippen molar-refractivity contribution < 1.29 is 9.59 Å². The highest BCUT2D eigenvalue weighted by Gasteiger charge is 2.32. The minimum absolute atomic E-state index is 0.111. The lowest BCUT2D eigenvalue weighted by Crippen LogP contribution is -2.28. The van der Waals surface area contributed by atoms with E-state index in [1.54, 1.807) is 0 Å². The summed E-state index contributed by atoms with van der Waals surface area (Å²) in [5.41, 5.74) is 5.10. The summed E-state index contributed by atoms with van der Waals surface area (Å²) in [5.74, 6) is -0.351. The van der Waals surface area contributed by atoms with E-state index in [1.807, 2.05) is 37.3 Å². The van der Waals surface area contributed by atoms with E-state index in [0.717, 1.165) is 40.9 Å². The molecule has 1 heterocycles. The van der Waals surface area contributed by atoms with E-state index in [-0.39, 0.29) is 18.2 Å². The molecule has 1 atom stereocenters. The van der Waals surface area contributed by atoms with Gasteiger partial charge in [0.25, 0.3) is 0 Å².